The number of fused-ring (bicyclic) bond motifs is 8. The van der Waals surface area contributed by atoms with Crippen molar-refractivity contribution < 1.29 is 16.8 Å². The fourth-order valence-electron chi connectivity index (χ4n) is 7.76. The molecule has 0 spiro atoms. The Labute approximate surface area is 310 Å². The Morgan fingerprint density at radius 1 is 0.510 bits per heavy atom. The summed E-state index contributed by atoms with van der Waals surface area (Å²) < 4.78 is 86.2. The van der Waals surface area contributed by atoms with Gasteiger partial charge in [0.25, 0.3) is 0 Å². The Kier molecular flexibility index (Phi) is 4.81. The van der Waals surface area contributed by atoms with Gasteiger partial charge in [-0.1, -0.05) is 141 Å². The Morgan fingerprint density at radius 2 is 1.24 bits per heavy atom. The molecule has 0 bridgehead atoms. The lowest BCUT2D eigenvalue weighted by Crippen LogP contribution is -2.16. The molecule has 0 unspecified atom stereocenters. The van der Waals surface area contributed by atoms with Crippen molar-refractivity contribution in [1.29, 1.82) is 0 Å². The largest absolute Gasteiger partial charge is 0.455 e. The van der Waals surface area contributed by atoms with Crippen LogP contribution in [0.25, 0.3) is 66.1 Å². The maximum Gasteiger partial charge on any atom is 0.143 e. The third-order valence-electron chi connectivity index (χ3n) is 10.2. The third kappa shape index (κ3) is 4.64. The first kappa shape index (κ1) is 21.7. The zero-order chi connectivity index (χ0) is 41.9. The number of hydrogen-bond acceptors (Lipinski definition) is 2. The van der Waals surface area contributed by atoms with E-state index < -0.39 is 59.8 Å². The van der Waals surface area contributed by atoms with Gasteiger partial charge in [0, 0.05) is 38.6 Å². The van der Waals surface area contributed by atoms with Gasteiger partial charge in [0.2, 0.25) is 0 Å². The fraction of sp³-hybridized carbons (Fsp3) is 0.0612. The van der Waals surface area contributed by atoms with Crippen molar-refractivity contribution in [1.82, 2.24) is 0 Å². The summed E-state index contributed by atoms with van der Waals surface area (Å²) in [6.07, 6.45) is 0. The molecule has 2 nitrogen and oxygen atoms in total. The van der Waals surface area contributed by atoms with Crippen molar-refractivity contribution in [3.63, 3.8) is 0 Å². The first-order chi connectivity index (χ1) is 28.8. The lowest BCUT2D eigenvalue weighted by Gasteiger charge is -2.28. The molecule has 0 N–H and O–H groups in total. The number of hydrogen-bond donors (Lipinski definition) is 0. The maximum absolute atomic E-state index is 9.54. The predicted octanol–water partition coefficient (Wildman–Crippen LogP) is 13.8. The van der Waals surface area contributed by atoms with E-state index in [9.17, 15) is 5.48 Å². The molecule has 0 radical (unpaired) electrons. The lowest BCUT2D eigenvalue weighted by atomic mass is 9.82. The van der Waals surface area contributed by atoms with E-state index in [-0.39, 0.29) is 16.8 Å². The van der Waals surface area contributed by atoms with Gasteiger partial charge in [0.05, 0.1) is 12.3 Å². The molecule has 0 saturated heterocycles. The van der Waals surface area contributed by atoms with Crippen LogP contribution in [0.1, 0.15) is 37.3 Å². The molecule has 0 fully saturated rings. The van der Waals surface area contributed by atoms with E-state index in [0.717, 1.165) is 60.5 Å². The number of rotatable bonds is 5. The van der Waals surface area contributed by atoms with Gasteiger partial charge in [-0.15, -0.1) is 0 Å². The first-order valence-corrected chi connectivity index (χ1v) is 16.9. The van der Waals surface area contributed by atoms with Crippen LogP contribution in [-0.2, 0) is 5.41 Å². The molecule has 0 atom stereocenters. The molecule has 0 saturated carbocycles. The van der Waals surface area contributed by atoms with Gasteiger partial charge in [0.15, 0.2) is 0 Å². The number of nitrogens with zero attached hydrogens (tertiary/aromatic N) is 1. The van der Waals surface area contributed by atoms with Gasteiger partial charge >= 0.3 is 0 Å². The Morgan fingerprint density at radius 3 is 2.12 bits per heavy atom. The Hall–Kier alpha value is -6.38. The topological polar surface area (TPSA) is 16.4 Å². The summed E-state index contributed by atoms with van der Waals surface area (Å²) in [5, 5.41) is 3.98. The first-order valence-electron chi connectivity index (χ1n) is 21.4. The van der Waals surface area contributed by atoms with Crippen LogP contribution < -0.4 is 4.90 Å². The second kappa shape index (κ2) is 11.3. The summed E-state index contributed by atoms with van der Waals surface area (Å²) in [6, 6.07) is 35.3. The minimum atomic E-state index is -0.624. The monoisotopic (exact) mass is 662 g/mol. The van der Waals surface area contributed by atoms with Crippen molar-refractivity contribution in [2.75, 3.05) is 4.90 Å². The summed E-state index contributed by atoms with van der Waals surface area (Å²) in [4.78, 5) is 1.73. The minimum absolute atomic E-state index is 0.0510. The molecule has 9 aromatic rings. The van der Waals surface area contributed by atoms with Crippen LogP contribution in [0, 0.1) is 0 Å². The van der Waals surface area contributed by atoms with E-state index in [2.05, 4.69) is 50.2 Å². The smallest absolute Gasteiger partial charge is 0.143 e. The minimum Gasteiger partial charge on any atom is -0.455 e. The van der Waals surface area contributed by atoms with Gasteiger partial charge in [-0.25, -0.2) is 0 Å². The summed E-state index contributed by atoms with van der Waals surface area (Å²) in [5.41, 5.74) is 7.62. The van der Waals surface area contributed by atoms with Crippen molar-refractivity contribution in [3.05, 3.63) is 187 Å². The highest BCUT2D eigenvalue weighted by Gasteiger charge is 2.35. The molecule has 1 heterocycles. The van der Waals surface area contributed by atoms with Crippen molar-refractivity contribution in [2.24, 2.45) is 0 Å². The number of benzene rings is 8. The molecule has 51 heavy (non-hydrogen) atoms. The van der Waals surface area contributed by atoms with Crippen molar-refractivity contribution >= 4 is 49.8 Å². The normalized spacial score (nSPS) is 15.5. The molecule has 242 valence electrons. The van der Waals surface area contributed by atoms with Gasteiger partial charge < -0.3 is 9.32 Å². The second-order valence-electron chi connectivity index (χ2n) is 13.5. The average Bonchev–Trinajstić information content (AvgIpc) is 3.76. The Bertz CT molecular complexity index is 3260. The number of anilines is 3. The third-order valence-corrected chi connectivity index (χ3v) is 10.2. The van der Waals surface area contributed by atoms with Crippen LogP contribution in [-0.4, -0.2) is 0 Å². The average molecular weight is 663 g/mol. The SMILES string of the molecule is [2H]c1c([2H])c([2H])c(-c2c([2H])c([2H])c(N(c3cccc(-c4cccc5oc6c7ccccc7ccc6c45)c3)c3ccc4c(c3)C(C)(C)c3ccccc3-4)c([2H])c2[2H])c([2H])c1[2H]. The van der Waals surface area contributed by atoms with Crippen molar-refractivity contribution in [3.8, 4) is 33.4 Å². The van der Waals surface area contributed by atoms with Crippen LogP contribution in [0.5, 0.6) is 0 Å². The molecule has 1 aliphatic carbocycles. The zero-order valence-corrected chi connectivity index (χ0v) is 27.9. The lowest BCUT2D eigenvalue weighted by molar-refractivity contribution is 0.660. The van der Waals surface area contributed by atoms with Gasteiger partial charge in [-0.05, 0) is 98.4 Å². The van der Waals surface area contributed by atoms with Crippen LogP contribution in [0.3, 0.4) is 0 Å². The molecule has 0 amide bonds. The van der Waals surface area contributed by atoms with Gasteiger partial charge in [-0.2, -0.15) is 0 Å². The van der Waals surface area contributed by atoms with Crippen LogP contribution in [0.2, 0.25) is 0 Å². The second-order valence-corrected chi connectivity index (χ2v) is 13.5. The highest BCUT2D eigenvalue weighted by Crippen LogP contribution is 2.51. The van der Waals surface area contributed by atoms with E-state index in [1.807, 2.05) is 84.9 Å². The Balaban J connectivity index is 1.22. The molecular formula is C49H35NO. The standard InChI is InChI=1S/C49H35NO/c1-49(2)44-20-9-8-18-41(44)42-29-27-38(31-45(42)49)50(36-25-22-33(23-26-36)32-12-4-3-5-13-32)37-16-10-15-35(30-37)39-19-11-21-46-47(39)43-28-24-34-14-6-7-17-40(34)48(43)51-46/h3-31H,1-2H3/i3D,4D,5D,12D,13D,22D,23D,25D,26D. The molecule has 10 rings (SSSR count). The molecular weight excluding hydrogens is 619 g/mol. The maximum atomic E-state index is 9.54. The molecule has 1 aromatic heterocycles. The highest BCUT2D eigenvalue weighted by molar-refractivity contribution is 6.19. The fourth-order valence-corrected chi connectivity index (χ4v) is 7.76. The van der Waals surface area contributed by atoms with E-state index in [1.165, 1.54) is 5.56 Å². The molecule has 8 aromatic carbocycles. The van der Waals surface area contributed by atoms with Crippen molar-refractivity contribution in [2.45, 2.75) is 19.3 Å². The van der Waals surface area contributed by atoms with E-state index in [1.54, 1.807) is 4.90 Å². The quantitative estimate of drug-likeness (QED) is 0.182. The summed E-state index contributed by atoms with van der Waals surface area (Å²) >= 11 is 0. The van der Waals surface area contributed by atoms with Crippen LogP contribution in [0.15, 0.2) is 180 Å². The summed E-state index contributed by atoms with van der Waals surface area (Å²) in [7, 11) is 0. The van der Waals surface area contributed by atoms with Crippen LogP contribution >= 0.6 is 0 Å². The van der Waals surface area contributed by atoms with E-state index in [4.69, 9.17) is 11.3 Å². The van der Waals surface area contributed by atoms with Gasteiger partial charge in [-0.3, -0.25) is 0 Å². The molecule has 2 heteroatoms. The molecule has 0 aliphatic heterocycles. The zero-order valence-electron chi connectivity index (χ0n) is 36.9. The predicted molar refractivity (Wildman–Crippen MR) is 214 cm³/mol. The molecule has 1 aliphatic rings. The van der Waals surface area contributed by atoms with Crippen LogP contribution in [0.4, 0.5) is 17.1 Å². The van der Waals surface area contributed by atoms with Gasteiger partial charge in [0.1, 0.15) is 11.2 Å². The number of furan rings is 1. The highest BCUT2D eigenvalue weighted by atomic mass is 16.3. The van der Waals surface area contributed by atoms with E-state index in [0.29, 0.717) is 11.4 Å². The van der Waals surface area contributed by atoms with E-state index >= 15 is 0 Å². The summed E-state index contributed by atoms with van der Waals surface area (Å²) in [6.45, 7) is 4.33. The summed E-state index contributed by atoms with van der Waals surface area (Å²) in [5.74, 6) is 0.